The minimum absolute atomic E-state index is 0.230. The van der Waals surface area contributed by atoms with Crippen molar-refractivity contribution in [3.63, 3.8) is 0 Å². The van der Waals surface area contributed by atoms with Crippen molar-refractivity contribution < 1.29 is 14.3 Å². The van der Waals surface area contributed by atoms with Gasteiger partial charge in [0, 0.05) is 11.4 Å². The van der Waals surface area contributed by atoms with Gasteiger partial charge in [-0.05, 0) is 89.0 Å². The molecule has 0 radical (unpaired) electrons. The molecule has 41 heavy (non-hydrogen) atoms. The van der Waals surface area contributed by atoms with Crippen molar-refractivity contribution in [2.24, 2.45) is 0 Å². The number of nitrogens with one attached hydrogen (secondary N) is 2. The zero-order chi connectivity index (χ0) is 29.1. The van der Waals surface area contributed by atoms with E-state index in [4.69, 9.17) is 14.6 Å². The van der Waals surface area contributed by atoms with E-state index >= 15 is 0 Å². The number of hydrogen-bond donors (Lipinski definition) is 2. The van der Waals surface area contributed by atoms with Gasteiger partial charge in [-0.1, -0.05) is 55.1 Å². The molecule has 1 aromatic heterocycles. The first kappa shape index (κ1) is 28.8. The maximum absolute atomic E-state index is 13.9. The van der Waals surface area contributed by atoms with Crippen molar-refractivity contribution in [2.75, 3.05) is 23.5 Å². The van der Waals surface area contributed by atoms with Crippen molar-refractivity contribution in [2.45, 2.75) is 45.5 Å². The minimum Gasteiger partial charge on any atom is -0.493 e. The van der Waals surface area contributed by atoms with Gasteiger partial charge in [0.05, 0.1) is 17.2 Å². The molecule has 2 N–H and O–H groups in total. The highest BCUT2D eigenvalue weighted by atomic mass is 79.9. The lowest BCUT2D eigenvalue weighted by atomic mass is 9.94. The third kappa shape index (κ3) is 6.13. The molecule has 5 rings (SSSR count). The molecule has 0 aliphatic carbocycles. The fourth-order valence-electron chi connectivity index (χ4n) is 4.80. The minimum atomic E-state index is -0.564. The number of anilines is 2. The molecule has 1 amide bonds. The van der Waals surface area contributed by atoms with Crippen LogP contribution in [0.4, 0.5) is 11.6 Å². The van der Waals surface area contributed by atoms with E-state index in [1.165, 1.54) is 0 Å². The van der Waals surface area contributed by atoms with Crippen LogP contribution in [0.15, 0.2) is 81.6 Å². The molecular weight excluding hydrogens is 602 g/mol. The van der Waals surface area contributed by atoms with Crippen molar-refractivity contribution in [3.05, 3.63) is 98.7 Å². The fraction of sp³-hybridized carbons (Fsp3) is 0.258. The second-order valence-electron chi connectivity index (χ2n) is 9.73. The Morgan fingerprint density at radius 3 is 2.66 bits per heavy atom. The van der Waals surface area contributed by atoms with Gasteiger partial charge in [0.15, 0.2) is 11.5 Å². The number of amides is 1. The quantitative estimate of drug-likeness (QED) is 0.187. The highest BCUT2D eigenvalue weighted by Gasteiger charge is 2.35. The molecule has 1 aliphatic rings. The second-order valence-corrected chi connectivity index (χ2v) is 11.8. The Bertz CT molecular complexity index is 1630. The van der Waals surface area contributed by atoms with Crippen LogP contribution < -0.4 is 20.1 Å². The maximum atomic E-state index is 13.9. The van der Waals surface area contributed by atoms with Gasteiger partial charge in [0.25, 0.3) is 5.91 Å². The number of carbonyl (C=O) groups excluding carboxylic acids is 1. The fourth-order valence-corrected chi connectivity index (χ4v) is 5.93. The van der Waals surface area contributed by atoms with Crippen LogP contribution in [0.1, 0.15) is 42.1 Å². The number of thioether (sulfide) groups is 1. The van der Waals surface area contributed by atoms with Crippen LogP contribution in [-0.4, -0.2) is 33.5 Å². The third-order valence-corrected chi connectivity index (χ3v) is 8.14. The van der Waals surface area contributed by atoms with Crippen molar-refractivity contribution in [1.82, 2.24) is 14.8 Å². The first-order valence-corrected chi connectivity index (χ1v) is 15.1. The standard InChI is InChI=1S/C31H32BrN5O3S/c1-6-41-31-35-30-33-20(4)26(29(38)34-23-13-9-10-18(2)14-23)27(37(30)36-31)22-15-24(32)28(25(16-22)39-5)40-17-21-12-8-7-11-19(21)3/h7-16,27H,6,17H2,1-5H3,(H,34,38)(H,33,35,36). The summed E-state index contributed by atoms with van der Waals surface area (Å²) < 4.78 is 14.5. The number of aryl methyl sites for hydroxylation is 2. The average Bonchev–Trinajstić information content (AvgIpc) is 3.34. The molecule has 4 aromatic rings. The molecule has 1 aliphatic heterocycles. The van der Waals surface area contributed by atoms with Crippen LogP contribution in [0.25, 0.3) is 0 Å². The number of ether oxygens (including phenoxy) is 2. The molecular formula is C31H32BrN5O3S. The van der Waals surface area contributed by atoms with Crippen molar-refractivity contribution >= 4 is 45.2 Å². The van der Waals surface area contributed by atoms with Crippen LogP contribution in [0.2, 0.25) is 0 Å². The summed E-state index contributed by atoms with van der Waals surface area (Å²) in [4.78, 5) is 18.5. The molecule has 0 saturated carbocycles. The topological polar surface area (TPSA) is 90.3 Å². The van der Waals surface area contributed by atoms with E-state index in [9.17, 15) is 4.79 Å². The largest absolute Gasteiger partial charge is 0.493 e. The predicted molar refractivity (Wildman–Crippen MR) is 167 cm³/mol. The lowest BCUT2D eigenvalue weighted by Crippen LogP contribution is -2.31. The van der Waals surface area contributed by atoms with E-state index in [1.807, 2.05) is 68.4 Å². The highest BCUT2D eigenvalue weighted by molar-refractivity contribution is 9.10. The van der Waals surface area contributed by atoms with Crippen LogP contribution in [0.5, 0.6) is 11.5 Å². The summed E-state index contributed by atoms with van der Waals surface area (Å²) in [6.45, 7) is 8.38. The molecule has 0 fully saturated rings. The number of rotatable bonds is 9. The monoisotopic (exact) mass is 633 g/mol. The zero-order valence-corrected chi connectivity index (χ0v) is 26.0. The molecule has 0 bridgehead atoms. The average molecular weight is 635 g/mol. The van der Waals surface area contributed by atoms with E-state index in [0.29, 0.717) is 45.0 Å². The lowest BCUT2D eigenvalue weighted by Gasteiger charge is -2.29. The summed E-state index contributed by atoms with van der Waals surface area (Å²) in [5, 5.41) is 11.8. The Morgan fingerprint density at radius 2 is 1.93 bits per heavy atom. The van der Waals surface area contributed by atoms with Gasteiger partial charge in [-0.2, -0.15) is 4.98 Å². The molecule has 2 heterocycles. The third-order valence-electron chi connectivity index (χ3n) is 6.83. The number of allylic oxidation sites excluding steroid dienone is 1. The number of nitrogens with zero attached hydrogens (tertiary/aromatic N) is 3. The number of carbonyl (C=O) groups is 1. The smallest absolute Gasteiger partial charge is 0.255 e. The first-order chi connectivity index (χ1) is 19.8. The first-order valence-electron chi connectivity index (χ1n) is 13.3. The van der Waals surface area contributed by atoms with Gasteiger partial charge in [-0.3, -0.25) is 4.79 Å². The summed E-state index contributed by atoms with van der Waals surface area (Å²) in [5.74, 6) is 2.30. The van der Waals surface area contributed by atoms with Gasteiger partial charge in [-0.25, -0.2) is 4.68 Å². The molecule has 0 saturated heterocycles. The second kappa shape index (κ2) is 12.4. The van der Waals surface area contributed by atoms with Gasteiger partial charge in [0.2, 0.25) is 11.1 Å². The predicted octanol–water partition coefficient (Wildman–Crippen LogP) is 7.28. The normalized spacial score (nSPS) is 14.3. The van der Waals surface area contributed by atoms with Gasteiger partial charge < -0.3 is 20.1 Å². The van der Waals surface area contributed by atoms with E-state index in [0.717, 1.165) is 33.7 Å². The Kier molecular flexibility index (Phi) is 8.70. The van der Waals surface area contributed by atoms with E-state index in [-0.39, 0.29) is 5.91 Å². The van der Waals surface area contributed by atoms with Crippen LogP contribution >= 0.6 is 27.7 Å². The Hall–Kier alpha value is -3.76. The summed E-state index contributed by atoms with van der Waals surface area (Å²) in [6.07, 6.45) is 0. The Morgan fingerprint density at radius 1 is 1.12 bits per heavy atom. The summed E-state index contributed by atoms with van der Waals surface area (Å²) in [5.41, 5.74) is 6.04. The van der Waals surface area contributed by atoms with Gasteiger partial charge in [-0.15, -0.1) is 5.10 Å². The van der Waals surface area contributed by atoms with Crippen molar-refractivity contribution in [1.29, 1.82) is 0 Å². The summed E-state index contributed by atoms with van der Waals surface area (Å²) >= 11 is 5.26. The molecule has 1 atom stereocenters. The number of methoxy groups -OCH3 is 1. The van der Waals surface area contributed by atoms with Gasteiger partial charge >= 0.3 is 0 Å². The van der Waals surface area contributed by atoms with Crippen molar-refractivity contribution in [3.8, 4) is 11.5 Å². The number of benzene rings is 3. The molecule has 8 nitrogen and oxygen atoms in total. The lowest BCUT2D eigenvalue weighted by molar-refractivity contribution is -0.113. The Labute approximate surface area is 252 Å². The van der Waals surface area contributed by atoms with E-state index in [2.05, 4.69) is 51.5 Å². The van der Waals surface area contributed by atoms with Crippen LogP contribution in [0.3, 0.4) is 0 Å². The summed E-state index contributed by atoms with van der Waals surface area (Å²) in [7, 11) is 1.61. The summed E-state index contributed by atoms with van der Waals surface area (Å²) in [6, 6.07) is 19.1. The Balaban J connectivity index is 1.56. The molecule has 0 spiro atoms. The SMILES string of the molecule is CCSc1nc2n(n1)C(c1cc(Br)c(OCc3ccccc3C)c(OC)c1)C(C(=O)Nc1cccc(C)c1)=C(C)N2. The number of fused-ring (bicyclic) bond motifs is 1. The zero-order valence-electron chi connectivity index (χ0n) is 23.6. The van der Waals surface area contributed by atoms with Crippen LogP contribution in [-0.2, 0) is 11.4 Å². The number of halogens is 1. The number of aromatic nitrogens is 3. The van der Waals surface area contributed by atoms with Gasteiger partial charge in [0.1, 0.15) is 12.6 Å². The number of hydrogen-bond acceptors (Lipinski definition) is 7. The highest BCUT2D eigenvalue weighted by Crippen LogP contribution is 2.43. The van der Waals surface area contributed by atoms with E-state index < -0.39 is 6.04 Å². The molecule has 3 aromatic carbocycles. The molecule has 1 unspecified atom stereocenters. The molecule has 212 valence electrons. The van der Waals surface area contributed by atoms with E-state index in [1.54, 1.807) is 23.6 Å². The van der Waals surface area contributed by atoms with Crippen LogP contribution in [0, 0.1) is 13.8 Å². The molecule has 10 heteroatoms. The maximum Gasteiger partial charge on any atom is 0.255 e.